The van der Waals surface area contributed by atoms with Gasteiger partial charge in [0.25, 0.3) is 0 Å². The van der Waals surface area contributed by atoms with E-state index < -0.39 is 0 Å². The Labute approximate surface area is 118 Å². The largest absolute Gasteiger partial charge is 0.385 e. The maximum Gasteiger partial charge on any atom is 0.224 e. The number of carbonyl (C=O) groups is 1. The first-order chi connectivity index (χ1) is 9.83. The molecule has 0 saturated carbocycles. The Morgan fingerprint density at radius 3 is 2.90 bits per heavy atom. The molecule has 0 spiro atoms. The Morgan fingerprint density at radius 2 is 2.20 bits per heavy atom. The SMILES string of the molecule is COCCCNc1nccc(N2CCN(C=O)CC2)n1. The van der Waals surface area contributed by atoms with Gasteiger partial charge in [0.1, 0.15) is 5.82 Å². The Bertz CT molecular complexity index is 421. The van der Waals surface area contributed by atoms with E-state index in [1.54, 1.807) is 18.2 Å². The summed E-state index contributed by atoms with van der Waals surface area (Å²) in [6.45, 7) is 4.60. The van der Waals surface area contributed by atoms with E-state index in [9.17, 15) is 4.79 Å². The van der Waals surface area contributed by atoms with Crippen LogP contribution in [0.5, 0.6) is 0 Å². The number of ether oxygens (including phenoxy) is 1. The van der Waals surface area contributed by atoms with Crippen molar-refractivity contribution in [2.45, 2.75) is 6.42 Å². The molecule has 1 aromatic rings. The summed E-state index contributed by atoms with van der Waals surface area (Å²) in [6.07, 6.45) is 3.58. The summed E-state index contributed by atoms with van der Waals surface area (Å²) in [5, 5.41) is 3.18. The molecule has 0 atom stereocenters. The summed E-state index contributed by atoms with van der Waals surface area (Å²) in [4.78, 5) is 23.3. The van der Waals surface area contributed by atoms with E-state index in [4.69, 9.17) is 4.74 Å². The van der Waals surface area contributed by atoms with Crippen molar-refractivity contribution < 1.29 is 9.53 Å². The molecule has 0 unspecified atom stereocenters. The highest BCUT2D eigenvalue weighted by molar-refractivity contribution is 5.49. The minimum Gasteiger partial charge on any atom is -0.385 e. The van der Waals surface area contributed by atoms with Gasteiger partial charge in [0, 0.05) is 52.6 Å². The van der Waals surface area contributed by atoms with Crippen molar-refractivity contribution in [3.63, 3.8) is 0 Å². The van der Waals surface area contributed by atoms with Crippen LogP contribution in [0.15, 0.2) is 12.3 Å². The molecule has 2 heterocycles. The van der Waals surface area contributed by atoms with E-state index in [-0.39, 0.29) is 0 Å². The number of hydrogen-bond acceptors (Lipinski definition) is 6. The van der Waals surface area contributed by atoms with Crippen LogP contribution in [0.4, 0.5) is 11.8 Å². The molecule has 1 fully saturated rings. The topological polar surface area (TPSA) is 70.6 Å². The van der Waals surface area contributed by atoms with Crippen molar-refractivity contribution in [2.75, 3.05) is 56.7 Å². The third-order valence-electron chi connectivity index (χ3n) is 3.24. The molecule has 1 amide bonds. The normalized spacial score (nSPS) is 15.2. The number of anilines is 2. The van der Waals surface area contributed by atoms with Crippen LogP contribution in [-0.4, -0.2) is 67.7 Å². The molecule has 1 N–H and O–H groups in total. The van der Waals surface area contributed by atoms with Crippen LogP contribution in [0.25, 0.3) is 0 Å². The summed E-state index contributed by atoms with van der Waals surface area (Å²) >= 11 is 0. The lowest BCUT2D eigenvalue weighted by Crippen LogP contribution is -2.46. The standard InChI is InChI=1S/C13H21N5O2/c1-20-10-2-4-14-13-15-5-3-12(16-13)18-8-6-17(11-19)7-9-18/h3,5,11H,2,4,6-10H2,1H3,(H,14,15,16). The van der Waals surface area contributed by atoms with Crippen molar-refractivity contribution in [1.82, 2.24) is 14.9 Å². The Balaban J connectivity index is 1.87. The van der Waals surface area contributed by atoms with Crippen LogP contribution in [0.2, 0.25) is 0 Å². The molecule has 0 bridgehead atoms. The van der Waals surface area contributed by atoms with Crippen molar-refractivity contribution >= 4 is 18.2 Å². The zero-order valence-electron chi connectivity index (χ0n) is 11.8. The fourth-order valence-corrected chi connectivity index (χ4v) is 2.08. The van der Waals surface area contributed by atoms with E-state index in [0.29, 0.717) is 5.95 Å². The molecule has 7 nitrogen and oxygen atoms in total. The molecule has 1 saturated heterocycles. The van der Waals surface area contributed by atoms with Crippen LogP contribution in [-0.2, 0) is 9.53 Å². The van der Waals surface area contributed by atoms with Crippen molar-refractivity contribution in [3.8, 4) is 0 Å². The first-order valence-electron chi connectivity index (χ1n) is 6.83. The number of piperazine rings is 1. The zero-order valence-corrected chi connectivity index (χ0v) is 11.8. The highest BCUT2D eigenvalue weighted by Gasteiger charge is 2.16. The smallest absolute Gasteiger partial charge is 0.224 e. The molecule has 20 heavy (non-hydrogen) atoms. The second-order valence-electron chi connectivity index (χ2n) is 4.64. The molecule has 1 aromatic heterocycles. The Hall–Kier alpha value is -1.89. The lowest BCUT2D eigenvalue weighted by molar-refractivity contribution is -0.118. The predicted molar refractivity (Wildman–Crippen MR) is 76.9 cm³/mol. The fourth-order valence-electron chi connectivity index (χ4n) is 2.08. The van der Waals surface area contributed by atoms with E-state index in [2.05, 4.69) is 20.2 Å². The second kappa shape index (κ2) is 7.64. The van der Waals surface area contributed by atoms with Gasteiger partial charge in [0.05, 0.1) is 0 Å². The monoisotopic (exact) mass is 279 g/mol. The number of nitrogens with zero attached hydrogens (tertiary/aromatic N) is 4. The zero-order chi connectivity index (χ0) is 14.2. The summed E-state index contributed by atoms with van der Waals surface area (Å²) < 4.78 is 5.00. The van der Waals surface area contributed by atoms with Crippen molar-refractivity contribution in [2.24, 2.45) is 0 Å². The van der Waals surface area contributed by atoms with Crippen LogP contribution >= 0.6 is 0 Å². The lowest BCUT2D eigenvalue weighted by Gasteiger charge is -2.33. The van der Waals surface area contributed by atoms with E-state index in [0.717, 1.165) is 58.0 Å². The van der Waals surface area contributed by atoms with Gasteiger partial charge in [-0.05, 0) is 12.5 Å². The molecule has 7 heteroatoms. The van der Waals surface area contributed by atoms with Gasteiger partial charge in [-0.15, -0.1) is 0 Å². The minimum absolute atomic E-state index is 0.636. The molecule has 0 aliphatic carbocycles. The predicted octanol–water partition coefficient (Wildman–Crippen LogP) is 0.203. The number of carbonyl (C=O) groups excluding carboxylic acids is 1. The second-order valence-corrected chi connectivity index (χ2v) is 4.64. The number of nitrogens with one attached hydrogen (secondary N) is 1. The van der Waals surface area contributed by atoms with E-state index >= 15 is 0 Å². The summed E-state index contributed by atoms with van der Waals surface area (Å²) in [5.41, 5.74) is 0. The summed E-state index contributed by atoms with van der Waals surface area (Å²) in [5.74, 6) is 1.54. The molecule has 0 radical (unpaired) electrons. The average molecular weight is 279 g/mol. The van der Waals surface area contributed by atoms with Gasteiger partial charge in [-0.2, -0.15) is 4.98 Å². The number of rotatable bonds is 7. The van der Waals surface area contributed by atoms with Gasteiger partial charge in [-0.1, -0.05) is 0 Å². The number of hydrogen-bond donors (Lipinski definition) is 1. The van der Waals surface area contributed by atoms with Crippen LogP contribution in [0.3, 0.4) is 0 Å². The minimum atomic E-state index is 0.636. The number of amides is 1. The van der Waals surface area contributed by atoms with E-state index in [1.165, 1.54) is 0 Å². The molecule has 110 valence electrons. The number of methoxy groups -OCH3 is 1. The van der Waals surface area contributed by atoms with Crippen molar-refractivity contribution in [1.29, 1.82) is 0 Å². The van der Waals surface area contributed by atoms with Crippen LogP contribution in [0, 0.1) is 0 Å². The van der Waals surface area contributed by atoms with Gasteiger partial charge in [0.15, 0.2) is 0 Å². The Kier molecular flexibility index (Phi) is 5.55. The summed E-state index contributed by atoms with van der Waals surface area (Å²) in [7, 11) is 1.69. The fraction of sp³-hybridized carbons (Fsp3) is 0.615. The van der Waals surface area contributed by atoms with Gasteiger partial charge in [0.2, 0.25) is 12.4 Å². The first kappa shape index (κ1) is 14.5. The molecular formula is C13H21N5O2. The molecule has 1 aliphatic rings. The number of aromatic nitrogens is 2. The highest BCUT2D eigenvalue weighted by Crippen LogP contribution is 2.14. The van der Waals surface area contributed by atoms with Crippen molar-refractivity contribution in [3.05, 3.63) is 12.3 Å². The van der Waals surface area contributed by atoms with E-state index in [1.807, 2.05) is 6.07 Å². The van der Waals surface area contributed by atoms with Crippen LogP contribution in [0.1, 0.15) is 6.42 Å². The third-order valence-corrected chi connectivity index (χ3v) is 3.24. The molecule has 1 aliphatic heterocycles. The van der Waals surface area contributed by atoms with Gasteiger partial charge in [-0.25, -0.2) is 4.98 Å². The van der Waals surface area contributed by atoms with Gasteiger partial charge < -0.3 is 19.9 Å². The maximum atomic E-state index is 10.7. The highest BCUT2D eigenvalue weighted by atomic mass is 16.5. The average Bonchev–Trinajstić information content (AvgIpc) is 2.52. The third kappa shape index (κ3) is 4.06. The molecule has 2 rings (SSSR count). The molecular weight excluding hydrogens is 258 g/mol. The first-order valence-corrected chi connectivity index (χ1v) is 6.83. The maximum absolute atomic E-state index is 10.7. The quantitative estimate of drug-likeness (QED) is 0.568. The Morgan fingerprint density at radius 1 is 1.40 bits per heavy atom. The van der Waals surface area contributed by atoms with Gasteiger partial charge in [-0.3, -0.25) is 4.79 Å². The lowest BCUT2D eigenvalue weighted by atomic mass is 10.3. The van der Waals surface area contributed by atoms with Gasteiger partial charge >= 0.3 is 0 Å². The summed E-state index contributed by atoms with van der Waals surface area (Å²) in [6, 6.07) is 1.90. The molecule has 0 aromatic carbocycles. The van der Waals surface area contributed by atoms with Crippen LogP contribution < -0.4 is 10.2 Å².